The second-order valence-electron chi connectivity index (χ2n) is 7.01. The molecule has 0 saturated carbocycles. The van der Waals surface area contributed by atoms with Gasteiger partial charge < -0.3 is 9.47 Å². The fourth-order valence-electron chi connectivity index (χ4n) is 2.82. The van der Waals surface area contributed by atoms with Crippen LogP contribution in [0.2, 0.25) is 0 Å². The largest absolute Gasteiger partial charge is 0.496 e. The Hall–Kier alpha value is -2.05. The molecule has 0 radical (unpaired) electrons. The maximum absolute atomic E-state index is 12.7. The first-order chi connectivity index (χ1) is 12.7. The third-order valence-corrected chi connectivity index (χ3v) is 6.18. The molecule has 0 unspecified atom stereocenters. The van der Waals surface area contributed by atoms with E-state index in [1.54, 1.807) is 26.2 Å². The Balaban J connectivity index is 2.07. The molecule has 27 heavy (non-hydrogen) atoms. The maximum Gasteiger partial charge on any atom is 0.240 e. The van der Waals surface area contributed by atoms with Gasteiger partial charge in [-0.3, -0.25) is 0 Å². The topological polar surface area (TPSA) is 64.6 Å². The molecule has 6 heteroatoms. The number of hydrogen-bond donors (Lipinski definition) is 1. The lowest BCUT2D eigenvalue weighted by Crippen LogP contribution is -2.29. The van der Waals surface area contributed by atoms with Crippen LogP contribution in [0.3, 0.4) is 0 Å². The highest BCUT2D eigenvalue weighted by Crippen LogP contribution is 2.31. The van der Waals surface area contributed by atoms with E-state index in [1.807, 2.05) is 45.9 Å². The average molecular weight is 392 g/mol. The lowest BCUT2D eigenvalue weighted by Gasteiger charge is -2.17. The van der Waals surface area contributed by atoms with Crippen LogP contribution < -0.4 is 14.2 Å². The molecule has 0 aliphatic carbocycles. The van der Waals surface area contributed by atoms with Crippen molar-refractivity contribution in [1.29, 1.82) is 0 Å². The van der Waals surface area contributed by atoms with E-state index >= 15 is 0 Å². The average Bonchev–Trinajstić information content (AvgIpc) is 2.60. The number of hydrogen-bond acceptors (Lipinski definition) is 4. The van der Waals surface area contributed by atoms with Gasteiger partial charge in [0, 0.05) is 6.54 Å². The summed E-state index contributed by atoms with van der Waals surface area (Å²) in [6.45, 7) is 10.3. The van der Waals surface area contributed by atoms with Gasteiger partial charge in [0.05, 0.1) is 12.0 Å². The van der Waals surface area contributed by atoms with Crippen molar-refractivity contribution in [2.24, 2.45) is 0 Å². The summed E-state index contributed by atoms with van der Waals surface area (Å²) in [4.78, 5) is 0.276. The Bertz CT molecular complexity index is 905. The summed E-state index contributed by atoms with van der Waals surface area (Å²) < 4.78 is 39.1. The molecule has 0 heterocycles. The van der Waals surface area contributed by atoms with Gasteiger partial charge in [-0.25, -0.2) is 13.1 Å². The van der Waals surface area contributed by atoms with E-state index in [-0.39, 0.29) is 24.0 Å². The third kappa shape index (κ3) is 5.23. The Morgan fingerprint density at radius 2 is 1.70 bits per heavy atom. The van der Waals surface area contributed by atoms with Gasteiger partial charge in [-0.1, -0.05) is 19.9 Å². The van der Waals surface area contributed by atoms with E-state index in [0.29, 0.717) is 11.3 Å². The highest BCUT2D eigenvalue weighted by atomic mass is 32.2. The molecule has 0 fully saturated rings. The molecule has 0 aliphatic rings. The molecule has 2 aromatic rings. The van der Waals surface area contributed by atoms with Gasteiger partial charge in [0.1, 0.15) is 18.1 Å². The Kier molecular flexibility index (Phi) is 6.89. The molecule has 0 aliphatic heterocycles. The molecule has 0 amide bonds. The molecule has 0 bridgehead atoms. The zero-order valence-electron chi connectivity index (χ0n) is 16.9. The van der Waals surface area contributed by atoms with Crippen molar-refractivity contribution in [2.75, 3.05) is 20.3 Å². The van der Waals surface area contributed by atoms with Crippen LogP contribution in [0.1, 0.15) is 42.0 Å². The molecule has 1 N–H and O–H groups in total. The van der Waals surface area contributed by atoms with E-state index in [2.05, 4.69) is 4.72 Å². The number of ether oxygens (including phenoxy) is 2. The number of rotatable bonds is 8. The second kappa shape index (κ2) is 8.76. The van der Waals surface area contributed by atoms with Gasteiger partial charge in [0.25, 0.3) is 0 Å². The summed E-state index contributed by atoms with van der Waals surface area (Å²) in [7, 11) is -2.03. The van der Waals surface area contributed by atoms with Crippen LogP contribution in [0.25, 0.3) is 0 Å². The summed E-state index contributed by atoms with van der Waals surface area (Å²) in [5.41, 5.74) is 3.86. The first-order valence-corrected chi connectivity index (χ1v) is 10.5. The number of nitrogens with one attached hydrogen (secondary N) is 1. The minimum Gasteiger partial charge on any atom is -0.496 e. The van der Waals surface area contributed by atoms with Crippen LogP contribution in [-0.2, 0) is 10.0 Å². The highest BCUT2D eigenvalue weighted by molar-refractivity contribution is 7.89. The SMILES string of the molecule is COc1cc(C)c(S(=O)(=O)NCCOc2ccc(C)c(C)c2)cc1C(C)C. The van der Waals surface area contributed by atoms with Gasteiger partial charge >= 0.3 is 0 Å². The highest BCUT2D eigenvalue weighted by Gasteiger charge is 2.20. The minimum absolute atomic E-state index is 0.155. The summed E-state index contributed by atoms with van der Waals surface area (Å²) in [5, 5.41) is 0. The predicted octanol–water partition coefficient (Wildman–Crippen LogP) is 4.10. The predicted molar refractivity (Wildman–Crippen MR) is 108 cm³/mol. The van der Waals surface area contributed by atoms with E-state index in [0.717, 1.165) is 16.9 Å². The van der Waals surface area contributed by atoms with Crippen molar-refractivity contribution in [3.8, 4) is 11.5 Å². The molecule has 148 valence electrons. The van der Waals surface area contributed by atoms with Crippen LogP contribution >= 0.6 is 0 Å². The normalized spacial score (nSPS) is 11.7. The summed E-state index contributed by atoms with van der Waals surface area (Å²) in [6, 6.07) is 9.30. The minimum atomic E-state index is -3.63. The number of sulfonamides is 1. The zero-order valence-corrected chi connectivity index (χ0v) is 17.7. The maximum atomic E-state index is 12.7. The summed E-state index contributed by atoms with van der Waals surface area (Å²) in [5.74, 6) is 1.60. The molecule has 0 atom stereocenters. The van der Waals surface area contributed by atoms with Crippen LogP contribution in [0.5, 0.6) is 11.5 Å². The Labute approximate surface area is 162 Å². The lowest BCUT2D eigenvalue weighted by atomic mass is 10.0. The van der Waals surface area contributed by atoms with Crippen molar-refractivity contribution in [2.45, 2.75) is 45.4 Å². The number of methoxy groups -OCH3 is 1. The van der Waals surface area contributed by atoms with Crippen molar-refractivity contribution in [3.63, 3.8) is 0 Å². The van der Waals surface area contributed by atoms with Crippen molar-refractivity contribution >= 4 is 10.0 Å². The third-order valence-electron chi connectivity index (χ3n) is 4.58. The fourth-order valence-corrected chi connectivity index (χ4v) is 4.09. The van der Waals surface area contributed by atoms with Gasteiger partial charge in [-0.2, -0.15) is 0 Å². The van der Waals surface area contributed by atoms with Crippen molar-refractivity contribution in [1.82, 2.24) is 4.72 Å². The van der Waals surface area contributed by atoms with Crippen LogP contribution in [0.15, 0.2) is 35.2 Å². The van der Waals surface area contributed by atoms with E-state index in [9.17, 15) is 8.42 Å². The first kappa shape index (κ1) is 21.3. The molecule has 2 aromatic carbocycles. The summed E-state index contributed by atoms with van der Waals surface area (Å²) >= 11 is 0. The van der Waals surface area contributed by atoms with Crippen molar-refractivity contribution < 1.29 is 17.9 Å². The summed E-state index contributed by atoms with van der Waals surface area (Å²) in [6.07, 6.45) is 0. The van der Waals surface area contributed by atoms with Gasteiger partial charge in [0.2, 0.25) is 10.0 Å². The molecule has 0 saturated heterocycles. The van der Waals surface area contributed by atoms with E-state index in [1.165, 1.54) is 5.56 Å². The smallest absolute Gasteiger partial charge is 0.240 e. The van der Waals surface area contributed by atoms with E-state index in [4.69, 9.17) is 9.47 Å². The monoisotopic (exact) mass is 391 g/mol. The molecular weight excluding hydrogens is 362 g/mol. The fraction of sp³-hybridized carbons (Fsp3) is 0.429. The van der Waals surface area contributed by atoms with Crippen molar-refractivity contribution in [3.05, 3.63) is 52.6 Å². The van der Waals surface area contributed by atoms with Gasteiger partial charge in [0.15, 0.2) is 0 Å². The van der Waals surface area contributed by atoms with E-state index < -0.39 is 10.0 Å². The van der Waals surface area contributed by atoms with Crippen LogP contribution in [0.4, 0.5) is 0 Å². The molecule has 5 nitrogen and oxygen atoms in total. The number of aryl methyl sites for hydroxylation is 3. The van der Waals surface area contributed by atoms with Crippen LogP contribution in [-0.4, -0.2) is 28.7 Å². The molecule has 2 rings (SSSR count). The molecular formula is C21H29NO4S. The van der Waals surface area contributed by atoms with Gasteiger partial charge in [-0.05, 0) is 73.2 Å². The van der Waals surface area contributed by atoms with Gasteiger partial charge in [-0.15, -0.1) is 0 Å². The Morgan fingerprint density at radius 1 is 1.00 bits per heavy atom. The first-order valence-electron chi connectivity index (χ1n) is 9.04. The quantitative estimate of drug-likeness (QED) is 0.688. The second-order valence-corrected chi connectivity index (χ2v) is 8.74. The lowest BCUT2D eigenvalue weighted by molar-refractivity contribution is 0.322. The Morgan fingerprint density at radius 3 is 2.30 bits per heavy atom. The number of benzene rings is 2. The van der Waals surface area contributed by atoms with Crippen LogP contribution in [0, 0.1) is 20.8 Å². The molecule has 0 spiro atoms. The molecule has 0 aromatic heterocycles. The zero-order chi connectivity index (χ0) is 20.2. The standard InChI is InChI=1S/C21H29NO4S/c1-14(2)19-13-21(17(5)12-20(19)25-6)27(23,24)22-9-10-26-18-8-7-15(3)16(4)11-18/h7-8,11-14,22H,9-10H2,1-6H3.